The molecule has 5 rings (SSSR count). The number of benzene rings is 2. The molecule has 0 aromatic heterocycles. The summed E-state index contributed by atoms with van der Waals surface area (Å²) in [4.78, 5) is 14.9. The number of ether oxygens (including phenoxy) is 2. The van der Waals surface area contributed by atoms with E-state index >= 15 is 0 Å². The van der Waals surface area contributed by atoms with Gasteiger partial charge in [-0.1, -0.05) is 24.3 Å². The van der Waals surface area contributed by atoms with Gasteiger partial charge >= 0.3 is 6.03 Å². The van der Waals surface area contributed by atoms with E-state index < -0.39 is 5.79 Å². The zero-order valence-corrected chi connectivity index (χ0v) is 14.3. The Bertz CT molecular complexity index is 846. The molecule has 0 aliphatic carbocycles. The molecule has 5 heteroatoms. The highest BCUT2D eigenvalue weighted by atomic mass is 16.7. The maximum Gasteiger partial charge on any atom is 0.322 e. The number of hydrogen-bond acceptors (Lipinski definition) is 3. The normalized spacial score (nSPS) is 24.3. The Kier molecular flexibility index (Phi) is 2.87. The Hall–Kier alpha value is -2.69. The van der Waals surface area contributed by atoms with Gasteiger partial charge in [-0.3, -0.25) is 0 Å². The van der Waals surface area contributed by atoms with Crippen molar-refractivity contribution in [1.82, 2.24) is 4.90 Å². The van der Waals surface area contributed by atoms with Crippen molar-refractivity contribution in [2.45, 2.75) is 44.6 Å². The minimum atomic E-state index is -0.666. The van der Waals surface area contributed by atoms with Crippen LogP contribution in [0.15, 0.2) is 42.5 Å². The molecule has 0 spiro atoms. The van der Waals surface area contributed by atoms with Crippen molar-refractivity contribution in [1.29, 1.82) is 0 Å². The first-order valence-corrected chi connectivity index (χ1v) is 8.72. The maximum absolute atomic E-state index is 12.9. The smallest absolute Gasteiger partial charge is 0.322 e. The Morgan fingerprint density at radius 1 is 1.04 bits per heavy atom. The minimum absolute atomic E-state index is 0.0539. The summed E-state index contributed by atoms with van der Waals surface area (Å²) in [5.41, 5.74) is 3.31. The number of carbonyl (C=O) groups excluding carboxylic acids is 1. The van der Waals surface area contributed by atoms with E-state index in [9.17, 15) is 4.79 Å². The molecule has 1 fully saturated rings. The van der Waals surface area contributed by atoms with E-state index in [4.69, 9.17) is 9.47 Å². The molecule has 1 saturated heterocycles. The molecule has 2 amide bonds. The lowest BCUT2D eigenvalue weighted by Gasteiger charge is -2.23. The van der Waals surface area contributed by atoms with Gasteiger partial charge in [0.2, 0.25) is 5.79 Å². The van der Waals surface area contributed by atoms with Gasteiger partial charge in [0.1, 0.15) is 0 Å². The van der Waals surface area contributed by atoms with E-state index in [1.54, 1.807) is 0 Å². The van der Waals surface area contributed by atoms with E-state index in [1.165, 1.54) is 11.1 Å². The Morgan fingerprint density at radius 2 is 1.68 bits per heavy atom. The third kappa shape index (κ3) is 2.18. The second-order valence-corrected chi connectivity index (χ2v) is 7.34. The Balaban J connectivity index is 1.38. The summed E-state index contributed by atoms with van der Waals surface area (Å²) in [7, 11) is 0. The summed E-state index contributed by atoms with van der Waals surface area (Å²) in [6.07, 6.45) is 2.06. The van der Waals surface area contributed by atoms with Crippen molar-refractivity contribution >= 4 is 11.7 Å². The van der Waals surface area contributed by atoms with Crippen LogP contribution in [0.5, 0.6) is 11.5 Å². The quantitative estimate of drug-likeness (QED) is 0.827. The monoisotopic (exact) mass is 336 g/mol. The van der Waals surface area contributed by atoms with Gasteiger partial charge in [0.05, 0.1) is 12.1 Å². The van der Waals surface area contributed by atoms with Crippen molar-refractivity contribution in [2.75, 3.05) is 5.32 Å². The number of carbonyl (C=O) groups is 1. The number of urea groups is 1. The van der Waals surface area contributed by atoms with Gasteiger partial charge in [0.25, 0.3) is 0 Å². The zero-order chi connectivity index (χ0) is 17.2. The van der Waals surface area contributed by atoms with Gasteiger partial charge in [0.15, 0.2) is 11.5 Å². The first-order valence-electron chi connectivity index (χ1n) is 8.72. The van der Waals surface area contributed by atoms with E-state index in [0.29, 0.717) is 11.5 Å². The number of hydrogen-bond donors (Lipinski definition) is 1. The van der Waals surface area contributed by atoms with Crippen LogP contribution in [0.2, 0.25) is 0 Å². The van der Waals surface area contributed by atoms with Crippen LogP contribution in [0.25, 0.3) is 0 Å². The highest BCUT2D eigenvalue weighted by Crippen LogP contribution is 2.53. The van der Waals surface area contributed by atoms with Crippen LogP contribution >= 0.6 is 0 Å². The number of amides is 2. The molecule has 25 heavy (non-hydrogen) atoms. The molecule has 2 aromatic rings. The largest absolute Gasteiger partial charge is 0.449 e. The lowest BCUT2D eigenvalue weighted by atomic mass is 9.92. The molecule has 1 N–H and O–H groups in total. The molecule has 0 unspecified atom stereocenters. The Morgan fingerprint density at radius 3 is 2.36 bits per heavy atom. The molecular formula is C20H20N2O3. The van der Waals surface area contributed by atoms with Crippen LogP contribution in [0.4, 0.5) is 10.5 Å². The van der Waals surface area contributed by atoms with E-state index in [0.717, 1.165) is 18.5 Å². The van der Waals surface area contributed by atoms with Crippen LogP contribution in [-0.4, -0.2) is 16.7 Å². The van der Waals surface area contributed by atoms with Crippen molar-refractivity contribution in [2.24, 2.45) is 0 Å². The number of anilines is 1. The maximum atomic E-state index is 12.9. The van der Waals surface area contributed by atoms with Crippen molar-refractivity contribution in [3.8, 4) is 11.5 Å². The fourth-order valence-corrected chi connectivity index (χ4v) is 4.31. The average Bonchev–Trinajstić information content (AvgIpc) is 3.23. The third-order valence-electron chi connectivity index (χ3n) is 5.24. The highest BCUT2D eigenvalue weighted by Gasteiger charge is 2.46. The molecule has 3 aliphatic heterocycles. The van der Waals surface area contributed by atoms with Crippen LogP contribution in [-0.2, 0) is 0 Å². The van der Waals surface area contributed by atoms with Crippen LogP contribution in [0, 0.1) is 0 Å². The first-order chi connectivity index (χ1) is 12.0. The fourth-order valence-electron chi connectivity index (χ4n) is 4.31. The third-order valence-corrected chi connectivity index (χ3v) is 5.24. The van der Waals surface area contributed by atoms with Crippen molar-refractivity contribution < 1.29 is 14.3 Å². The Labute approximate surface area is 146 Å². The highest BCUT2D eigenvalue weighted by molar-refractivity contribution is 5.91. The van der Waals surface area contributed by atoms with Crippen LogP contribution in [0.1, 0.15) is 49.9 Å². The second-order valence-electron chi connectivity index (χ2n) is 7.34. The lowest BCUT2D eigenvalue weighted by Crippen LogP contribution is -2.32. The minimum Gasteiger partial charge on any atom is -0.449 e. The summed E-state index contributed by atoms with van der Waals surface area (Å²) < 4.78 is 11.5. The summed E-state index contributed by atoms with van der Waals surface area (Å²) >= 11 is 0. The van der Waals surface area contributed by atoms with E-state index in [2.05, 4.69) is 29.6 Å². The summed E-state index contributed by atoms with van der Waals surface area (Å²) in [5.74, 6) is 0.702. The van der Waals surface area contributed by atoms with Gasteiger partial charge in [-0.05, 0) is 36.1 Å². The van der Waals surface area contributed by atoms with Crippen LogP contribution < -0.4 is 14.8 Å². The molecule has 128 valence electrons. The standard InChI is InChI=1S/C20H20N2O3/c1-20(2)24-17-10-7-12(11-18(17)25-20)21-19(23)22-15-8-9-16(22)14-6-4-3-5-13(14)15/h3-7,10-11,15-16H,8-9H2,1-2H3,(H,21,23)/t15-,16-/m0/s1. The van der Waals surface area contributed by atoms with Crippen LogP contribution in [0.3, 0.4) is 0 Å². The van der Waals surface area contributed by atoms with Crippen molar-refractivity contribution in [3.05, 3.63) is 53.6 Å². The fraction of sp³-hybridized carbons (Fsp3) is 0.350. The molecule has 0 radical (unpaired) electrons. The molecule has 2 bridgehead atoms. The number of nitrogens with zero attached hydrogens (tertiary/aromatic N) is 1. The first kappa shape index (κ1) is 14.6. The summed E-state index contributed by atoms with van der Waals surface area (Å²) in [5, 5.41) is 3.03. The molecule has 3 aliphatic rings. The predicted octanol–water partition coefficient (Wildman–Crippen LogP) is 4.62. The second kappa shape index (κ2) is 4.91. The lowest BCUT2D eigenvalue weighted by molar-refractivity contribution is -0.0431. The number of fused-ring (bicyclic) bond motifs is 6. The number of nitrogens with one attached hydrogen (secondary N) is 1. The van der Waals surface area contributed by atoms with Gasteiger partial charge in [-0.25, -0.2) is 4.79 Å². The van der Waals surface area contributed by atoms with E-state index in [1.807, 2.05) is 36.9 Å². The summed E-state index contributed by atoms with van der Waals surface area (Å²) in [6, 6.07) is 14.2. The average molecular weight is 336 g/mol. The molecular weight excluding hydrogens is 316 g/mol. The van der Waals surface area contributed by atoms with Crippen molar-refractivity contribution in [3.63, 3.8) is 0 Å². The topological polar surface area (TPSA) is 50.8 Å². The zero-order valence-electron chi connectivity index (χ0n) is 14.3. The summed E-state index contributed by atoms with van der Waals surface area (Å²) in [6.45, 7) is 3.73. The van der Waals surface area contributed by atoms with Gasteiger partial charge < -0.3 is 19.7 Å². The number of rotatable bonds is 1. The molecule has 2 atom stereocenters. The molecule has 3 heterocycles. The van der Waals surface area contributed by atoms with Gasteiger partial charge in [-0.15, -0.1) is 0 Å². The molecule has 2 aromatic carbocycles. The molecule has 0 saturated carbocycles. The predicted molar refractivity (Wildman–Crippen MR) is 93.8 cm³/mol. The van der Waals surface area contributed by atoms with Gasteiger partial charge in [-0.2, -0.15) is 0 Å². The molecule has 5 nitrogen and oxygen atoms in total. The van der Waals surface area contributed by atoms with E-state index in [-0.39, 0.29) is 18.1 Å². The van der Waals surface area contributed by atoms with Gasteiger partial charge in [0, 0.05) is 25.6 Å². The SMILES string of the molecule is CC1(C)Oc2ccc(NC(=O)N3[C@H]4CC[C@H]3c3ccccc34)cc2O1.